The van der Waals surface area contributed by atoms with Gasteiger partial charge in [-0.1, -0.05) is 21.1 Å². The fourth-order valence-corrected chi connectivity index (χ4v) is 2.39. The molecule has 1 aromatic carbocycles. The van der Waals surface area contributed by atoms with Gasteiger partial charge in [0.1, 0.15) is 12.4 Å². The highest BCUT2D eigenvalue weighted by atomic mass is 79.9. The molecular formula is C11H9Br2NO2. The fourth-order valence-electron chi connectivity index (χ4n) is 1.23. The molecule has 0 aliphatic heterocycles. The van der Waals surface area contributed by atoms with E-state index in [0.29, 0.717) is 12.4 Å². The quantitative estimate of drug-likeness (QED) is 0.839. The van der Waals surface area contributed by atoms with E-state index in [-0.39, 0.29) is 0 Å². The van der Waals surface area contributed by atoms with Crippen molar-refractivity contribution in [2.45, 2.75) is 13.5 Å². The molecule has 84 valence electrons. The van der Waals surface area contributed by atoms with E-state index < -0.39 is 0 Å². The molecule has 0 aliphatic rings. The smallest absolute Gasteiger partial charge is 0.174 e. The molecule has 0 unspecified atom stereocenters. The summed E-state index contributed by atoms with van der Waals surface area (Å²) in [7, 11) is 0. The number of hydrogen-bond acceptors (Lipinski definition) is 3. The predicted octanol–water partition coefficient (Wildman–Crippen LogP) is 4.09. The van der Waals surface area contributed by atoms with E-state index in [9.17, 15) is 0 Å². The maximum absolute atomic E-state index is 5.59. The summed E-state index contributed by atoms with van der Waals surface area (Å²) in [5, 5.41) is 3.79. The Morgan fingerprint density at radius 2 is 2.12 bits per heavy atom. The van der Waals surface area contributed by atoms with Crippen molar-refractivity contribution < 1.29 is 9.26 Å². The van der Waals surface area contributed by atoms with E-state index in [1.54, 1.807) is 0 Å². The minimum Gasteiger partial charge on any atom is -0.484 e. The van der Waals surface area contributed by atoms with Gasteiger partial charge in [0, 0.05) is 10.5 Å². The van der Waals surface area contributed by atoms with Gasteiger partial charge in [0.15, 0.2) is 5.76 Å². The van der Waals surface area contributed by atoms with Crippen LogP contribution in [-0.2, 0) is 6.61 Å². The van der Waals surface area contributed by atoms with Crippen molar-refractivity contribution in [2.75, 3.05) is 0 Å². The van der Waals surface area contributed by atoms with Crippen molar-refractivity contribution in [3.05, 3.63) is 44.7 Å². The van der Waals surface area contributed by atoms with Gasteiger partial charge in [-0.15, -0.1) is 0 Å². The van der Waals surface area contributed by atoms with Gasteiger partial charge in [0.05, 0.1) is 10.2 Å². The Labute approximate surface area is 110 Å². The first-order chi connectivity index (χ1) is 7.65. The normalized spacial score (nSPS) is 10.4. The van der Waals surface area contributed by atoms with Crippen LogP contribution in [0.3, 0.4) is 0 Å². The van der Waals surface area contributed by atoms with Gasteiger partial charge >= 0.3 is 0 Å². The predicted molar refractivity (Wildman–Crippen MR) is 67.4 cm³/mol. The number of rotatable bonds is 3. The summed E-state index contributed by atoms with van der Waals surface area (Å²) in [6.45, 7) is 2.25. The molecule has 5 heteroatoms. The zero-order chi connectivity index (χ0) is 11.5. The molecule has 16 heavy (non-hydrogen) atoms. The molecular weight excluding hydrogens is 338 g/mol. The summed E-state index contributed by atoms with van der Waals surface area (Å²) < 4.78 is 12.5. The van der Waals surface area contributed by atoms with Crippen molar-refractivity contribution in [1.29, 1.82) is 0 Å². The van der Waals surface area contributed by atoms with E-state index >= 15 is 0 Å². The van der Waals surface area contributed by atoms with Gasteiger partial charge in [-0.3, -0.25) is 0 Å². The first kappa shape index (κ1) is 11.7. The number of ether oxygens (including phenoxy) is 1. The lowest BCUT2D eigenvalue weighted by Gasteiger charge is -2.06. The lowest BCUT2D eigenvalue weighted by atomic mass is 10.3. The molecule has 0 saturated carbocycles. The monoisotopic (exact) mass is 345 g/mol. The molecule has 0 spiro atoms. The van der Waals surface area contributed by atoms with Gasteiger partial charge in [-0.2, -0.15) is 0 Å². The highest BCUT2D eigenvalue weighted by molar-refractivity contribution is 9.11. The van der Waals surface area contributed by atoms with Crippen molar-refractivity contribution in [3.8, 4) is 5.75 Å². The minimum absolute atomic E-state index is 0.376. The van der Waals surface area contributed by atoms with Crippen molar-refractivity contribution in [3.63, 3.8) is 0 Å². The number of benzene rings is 1. The number of hydrogen-bond donors (Lipinski definition) is 0. The summed E-state index contributed by atoms with van der Waals surface area (Å²) in [5.41, 5.74) is 0.855. The summed E-state index contributed by atoms with van der Waals surface area (Å²) in [6, 6.07) is 7.59. The molecule has 0 bridgehead atoms. The molecule has 0 atom stereocenters. The molecule has 0 aliphatic carbocycles. The van der Waals surface area contributed by atoms with Gasteiger partial charge in [-0.25, -0.2) is 0 Å². The van der Waals surface area contributed by atoms with E-state index in [1.807, 2.05) is 31.2 Å². The Balaban J connectivity index is 2.04. The van der Waals surface area contributed by atoms with Gasteiger partial charge in [-0.05, 0) is 41.1 Å². The second kappa shape index (κ2) is 5.01. The second-order valence-corrected chi connectivity index (χ2v) is 5.07. The molecule has 1 heterocycles. The van der Waals surface area contributed by atoms with E-state index in [2.05, 4.69) is 37.0 Å². The zero-order valence-corrected chi connectivity index (χ0v) is 11.7. The van der Waals surface area contributed by atoms with Crippen LogP contribution in [0.2, 0.25) is 0 Å². The SMILES string of the molecule is Cc1cc(COc2ccc(Br)cc2Br)on1. The van der Waals surface area contributed by atoms with Crippen LogP contribution in [-0.4, -0.2) is 5.16 Å². The Kier molecular flexibility index (Phi) is 3.66. The topological polar surface area (TPSA) is 35.3 Å². The molecule has 3 nitrogen and oxygen atoms in total. The Morgan fingerprint density at radius 3 is 2.75 bits per heavy atom. The van der Waals surface area contributed by atoms with E-state index in [1.165, 1.54) is 0 Å². The molecule has 0 N–H and O–H groups in total. The van der Waals surface area contributed by atoms with Gasteiger partial charge in [0.25, 0.3) is 0 Å². The van der Waals surface area contributed by atoms with Crippen LogP contribution in [0.15, 0.2) is 37.7 Å². The van der Waals surface area contributed by atoms with Crippen molar-refractivity contribution in [1.82, 2.24) is 5.16 Å². The van der Waals surface area contributed by atoms with Crippen LogP contribution < -0.4 is 4.74 Å². The van der Waals surface area contributed by atoms with Crippen LogP contribution in [0, 0.1) is 6.92 Å². The first-order valence-corrected chi connectivity index (χ1v) is 6.24. The second-order valence-electron chi connectivity index (χ2n) is 3.30. The molecule has 0 amide bonds. The van der Waals surface area contributed by atoms with Gasteiger partial charge < -0.3 is 9.26 Å². The fraction of sp³-hybridized carbons (Fsp3) is 0.182. The highest BCUT2D eigenvalue weighted by Gasteiger charge is 2.05. The maximum Gasteiger partial charge on any atom is 0.174 e. The number of aromatic nitrogens is 1. The summed E-state index contributed by atoms with van der Waals surface area (Å²) in [4.78, 5) is 0. The van der Waals surface area contributed by atoms with E-state index in [0.717, 1.165) is 20.4 Å². The Bertz CT molecular complexity index is 496. The Hall–Kier alpha value is -0.810. The third-order valence-electron chi connectivity index (χ3n) is 1.94. The lowest BCUT2D eigenvalue weighted by Crippen LogP contribution is -1.94. The third kappa shape index (κ3) is 2.86. The molecule has 0 fully saturated rings. The van der Waals surface area contributed by atoms with Crippen LogP contribution >= 0.6 is 31.9 Å². The number of halogens is 2. The van der Waals surface area contributed by atoms with Crippen LogP contribution in [0.1, 0.15) is 11.5 Å². The third-order valence-corrected chi connectivity index (χ3v) is 3.05. The summed E-state index contributed by atoms with van der Waals surface area (Å²) in [6.07, 6.45) is 0. The average Bonchev–Trinajstić information content (AvgIpc) is 2.63. The summed E-state index contributed by atoms with van der Waals surface area (Å²) in [5.74, 6) is 1.49. The zero-order valence-electron chi connectivity index (χ0n) is 8.54. The molecule has 0 saturated heterocycles. The van der Waals surface area contributed by atoms with Gasteiger partial charge in [0.2, 0.25) is 0 Å². The lowest BCUT2D eigenvalue weighted by molar-refractivity contribution is 0.247. The Morgan fingerprint density at radius 1 is 1.31 bits per heavy atom. The summed E-state index contributed by atoms with van der Waals surface area (Å²) >= 11 is 6.81. The minimum atomic E-state index is 0.376. The number of aryl methyl sites for hydroxylation is 1. The largest absolute Gasteiger partial charge is 0.484 e. The molecule has 2 rings (SSSR count). The van der Waals surface area contributed by atoms with Crippen LogP contribution in [0.5, 0.6) is 5.75 Å². The van der Waals surface area contributed by atoms with Crippen molar-refractivity contribution in [2.24, 2.45) is 0 Å². The van der Waals surface area contributed by atoms with Crippen molar-refractivity contribution >= 4 is 31.9 Å². The average molecular weight is 347 g/mol. The van der Waals surface area contributed by atoms with E-state index in [4.69, 9.17) is 9.26 Å². The molecule has 0 radical (unpaired) electrons. The molecule has 2 aromatic rings. The highest BCUT2D eigenvalue weighted by Crippen LogP contribution is 2.28. The molecule has 1 aromatic heterocycles. The first-order valence-electron chi connectivity index (χ1n) is 4.65. The number of nitrogens with zero attached hydrogens (tertiary/aromatic N) is 1. The standard InChI is InChI=1S/C11H9Br2NO2/c1-7-4-9(16-14-7)6-15-11-3-2-8(12)5-10(11)13/h2-5H,6H2,1H3. The van der Waals surface area contributed by atoms with Crippen LogP contribution in [0.4, 0.5) is 0 Å². The maximum atomic E-state index is 5.59. The van der Waals surface area contributed by atoms with Crippen LogP contribution in [0.25, 0.3) is 0 Å².